The van der Waals surface area contributed by atoms with E-state index in [4.69, 9.17) is 4.74 Å². The summed E-state index contributed by atoms with van der Waals surface area (Å²) in [5, 5.41) is 2.70. The van der Waals surface area contributed by atoms with Crippen molar-refractivity contribution in [1.29, 1.82) is 0 Å². The van der Waals surface area contributed by atoms with Crippen LogP contribution in [0, 0.1) is 6.92 Å². The van der Waals surface area contributed by atoms with Crippen LogP contribution in [0.3, 0.4) is 0 Å². The van der Waals surface area contributed by atoms with Crippen molar-refractivity contribution in [2.75, 3.05) is 0 Å². The zero-order valence-corrected chi connectivity index (χ0v) is 14.5. The normalized spacial score (nSPS) is 12.9. The topological polar surface area (TPSA) is 55.4 Å². The minimum absolute atomic E-state index is 0.219. The Labute approximate surface area is 130 Å². The molecular formula is C16H25NO3S. The first-order valence-corrected chi connectivity index (χ1v) is 8.08. The molecule has 0 aliphatic carbocycles. The molecule has 0 aliphatic heterocycles. The van der Waals surface area contributed by atoms with Gasteiger partial charge in [-0.2, -0.15) is 0 Å². The Kier molecular flexibility index (Phi) is 5.96. The van der Waals surface area contributed by atoms with Crippen LogP contribution in [0.15, 0.2) is 6.07 Å². The molecule has 0 aliphatic rings. The molecule has 0 spiro atoms. The number of rotatable bonds is 5. The van der Waals surface area contributed by atoms with Crippen LogP contribution in [-0.2, 0) is 16.0 Å². The van der Waals surface area contributed by atoms with Crippen LogP contribution in [-0.4, -0.2) is 23.5 Å². The second kappa shape index (κ2) is 7.07. The zero-order valence-electron chi connectivity index (χ0n) is 13.7. The van der Waals surface area contributed by atoms with Crippen molar-refractivity contribution in [3.63, 3.8) is 0 Å². The van der Waals surface area contributed by atoms with Gasteiger partial charge in [0, 0.05) is 4.88 Å². The monoisotopic (exact) mass is 311 g/mol. The van der Waals surface area contributed by atoms with Crippen molar-refractivity contribution < 1.29 is 14.3 Å². The van der Waals surface area contributed by atoms with Gasteiger partial charge in [0.2, 0.25) is 0 Å². The molecule has 1 aromatic heterocycles. The van der Waals surface area contributed by atoms with E-state index in [9.17, 15) is 9.59 Å². The maximum atomic E-state index is 12.2. The van der Waals surface area contributed by atoms with Gasteiger partial charge >= 0.3 is 5.97 Å². The molecule has 0 aromatic carbocycles. The molecule has 0 fully saturated rings. The summed E-state index contributed by atoms with van der Waals surface area (Å²) in [5.41, 5.74) is 0.654. The Bertz CT molecular complexity index is 514. The summed E-state index contributed by atoms with van der Waals surface area (Å²) in [6, 6.07) is 1.26. The van der Waals surface area contributed by atoms with Crippen LogP contribution >= 0.6 is 11.3 Å². The van der Waals surface area contributed by atoms with Gasteiger partial charge in [0.15, 0.2) is 0 Å². The summed E-state index contributed by atoms with van der Waals surface area (Å²) < 4.78 is 5.25. The number of thiophene rings is 1. The second-order valence-electron chi connectivity index (χ2n) is 6.17. The number of amides is 1. The van der Waals surface area contributed by atoms with Gasteiger partial charge in [-0.15, -0.1) is 11.3 Å². The molecule has 21 heavy (non-hydrogen) atoms. The minimum atomic E-state index is -0.659. The van der Waals surface area contributed by atoms with Crippen LogP contribution < -0.4 is 5.32 Å². The predicted molar refractivity (Wildman–Crippen MR) is 85.8 cm³/mol. The van der Waals surface area contributed by atoms with Crippen LogP contribution in [0.2, 0.25) is 0 Å². The van der Waals surface area contributed by atoms with Gasteiger partial charge in [0.1, 0.15) is 11.6 Å². The molecule has 0 saturated carbocycles. The summed E-state index contributed by atoms with van der Waals surface area (Å²) in [5.74, 6) is -0.637. The molecule has 118 valence electrons. The lowest BCUT2D eigenvalue weighted by molar-refractivity contribution is -0.156. The maximum absolute atomic E-state index is 12.2. The van der Waals surface area contributed by atoms with Crippen LogP contribution in [0.5, 0.6) is 0 Å². The highest BCUT2D eigenvalue weighted by atomic mass is 32.1. The highest BCUT2D eigenvalue weighted by Gasteiger charge is 2.24. The highest BCUT2D eigenvalue weighted by Crippen LogP contribution is 2.23. The Morgan fingerprint density at radius 2 is 2.00 bits per heavy atom. The number of hydrogen-bond donors (Lipinski definition) is 1. The first kappa shape index (κ1) is 17.7. The maximum Gasteiger partial charge on any atom is 0.328 e. The lowest BCUT2D eigenvalue weighted by atomic mass is 10.1. The standard InChI is InChI=1S/C16H25NO3S/c1-7-8-12-9-13(21-11(12)3)14(18)17-10(2)15(19)20-16(4,5)6/h9-10H,7-8H2,1-6H3,(H,17,18)/t10-/m0/s1. The highest BCUT2D eigenvalue weighted by molar-refractivity contribution is 7.14. The van der Waals surface area contributed by atoms with E-state index in [1.54, 1.807) is 27.7 Å². The van der Waals surface area contributed by atoms with Gasteiger partial charge in [-0.25, -0.2) is 4.79 Å². The molecule has 1 rings (SSSR count). The summed E-state index contributed by atoms with van der Waals surface area (Å²) >= 11 is 1.47. The number of esters is 1. The van der Waals surface area contributed by atoms with Gasteiger partial charge in [-0.1, -0.05) is 13.3 Å². The van der Waals surface area contributed by atoms with Crippen molar-refractivity contribution >= 4 is 23.2 Å². The van der Waals surface area contributed by atoms with E-state index in [1.807, 2.05) is 13.0 Å². The Morgan fingerprint density at radius 1 is 1.38 bits per heavy atom. The molecule has 1 aromatic rings. The van der Waals surface area contributed by atoms with E-state index in [0.717, 1.165) is 17.7 Å². The lowest BCUT2D eigenvalue weighted by Crippen LogP contribution is -2.42. The summed E-state index contributed by atoms with van der Waals surface area (Å²) in [6.07, 6.45) is 2.02. The Hall–Kier alpha value is -1.36. The number of aryl methyl sites for hydroxylation is 2. The molecule has 0 saturated heterocycles. The van der Waals surface area contributed by atoms with E-state index in [2.05, 4.69) is 12.2 Å². The molecule has 0 unspecified atom stereocenters. The SMILES string of the molecule is CCCc1cc(C(=O)N[C@@H](C)C(=O)OC(C)(C)C)sc1C. The first-order valence-electron chi connectivity index (χ1n) is 7.27. The number of ether oxygens (including phenoxy) is 1. The fourth-order valence-electron chi connectivity index (χ4n) is 1.87. The fraction of sp³-hybridized carbons (Fsp3) is 0.625. The summed E-state index contributed by atoms with van der Waals surface area (Å²) in [6.45, 7) is 11.2. The molecule has 1 N–H and O–H groups in total. The molecule has 1 heterocycles. The molecule has 0 bridgehead atoms. The molecule has 0 radical (unpaired) electrons. The quantitative estimate of drug-likeness (QED) is 0.847. The first-order chi connectivity index (χ1) is 9.64. The van der Waals surface area contributed by atoms with Gasteiger partial charge in [0.25, 0.3) is 5.91 Å². The lowest BCUT2D eigenvalue weighted by Gasteiger charge is -2.22. The number of hydrogen-bond acceptors (Lipinski definition) is 4. The van der Waals surface area contributed by atoms with Gasteiger partial charge < -0.3 is 10.1 Å². The van der Waals surface area contributed by atoms with Crippen molar-refractivity contribution in [2.45, 2.75) is 66.0 Å². The van der Waals surface area contributed by atoms with Crippen molar-refractivity contribution in [3.8, 4) is 0 Å². The fourth-order valence-corrected chi connectivity index (χ4v) is 2.84. The molecule has 4 nitrogen and oxygen atoms in total. The minimum Gasteiger partial charge on any atom is -0.458 e. The average Bonchev–Trinajstić information content (AvgIpc) is 2.69. The van der Waals surface area contributed by atoms with Gasteiger partial charge in [0.05, 0.1) is 4.88 Å². The summed E-state index contributed by atoms with van der Waals surface area (Å²) in [7, 11) is 0. The van der Waals surface area contributed by atoms with E-state index in [0.29, 0.717) is 4.88 Å². The predicted octanol–water partition coefficient (Wildman–Crippen LogP) is 3.47. The average molecular weight is 311 g/mol. The van der Waals surface area contributed by atoms with Gasteiger partial charge in [-0.3, -0.25) is 4.79 Å². The van der Waals surface area contributed by atoms with Gasteiger partial charge in [-0.05, 0) is 52.7 Å². The van der Waals surface area contributed by atoms with Crippen LogP contribution in [0.4, 0.5) is 0 Å². The van der Waals surface area contributed by atoms with Crippen LogP contribution in [0.1, 0.15) is 61.2 Å². The smallest absolute Gasteiger partial charge is 0.328 e. The molecule has 1 atom stereocenters. The second-order valence-corrected chi connectivity index (χ2v) is 7.43. The van der Waals surface area contributed by atoms with Crippen LogP contribution in [0.25, 0.3) is 0 Å². The van der Waals surface area contributed by atoms with Crippen molar-refractivity contribution in [3.05, 3.63) is 21.4 Å². The summed E-state index contributed by atoms with van der Waals surface area (Å²) in [4.78, 5) is 25.9. The van der Waals surface area contributed by atoms with Crippen molar-refractivity contribution in [2.24, 2.45) is 0 Å². The third-order valence-corrected chi connectivity index (χ3v) is 3.96. The van der Waals surface area contributed by atoms with E-state index in [1.165, 1.54) is 16.9 Å². The number of nitrogens with one attached hydrogen (secondary N) is 1. The van der Waals surface area contributed by atoms with E-state index in [-0.39, 0.29) is 5.91 Å². The number of carbonyl (C=O) groups excluding carboxylic acids is 2. The number of carbonyl (C=O) groups is 2. The largest absolute Gasteiger partial charge is 0.458 e. The Balaban J connectivity index is 2.68. The van der Waals surface area contributed by atoms with Crippen molar-refractivity contribution in [1.82, 2.24) is 5.32 Å². The molecule has 1 amide bonds. The third-order valence-electron chi connectivity index (χ3n) is 2.87. The zero-order chi connectivity index (χ0) is 16.2. The molecule has 5 heteroatoms. The Morgan fingerprint density at radius 3 is 2.52 bits per heavy atom. The molecular weight excluding hydrogens is 286 g/mol. The van der Waals surface area contributed by atoms with E-state index < -0.39 is 17.6 Å². The van der Waals surface area contributed by atoms with E-state index >= 15 is 0 Å². The third kappa shape index (κ3) is 5.50.